The molecule has 0 aliphatic heterocycles. The molecule has 11 nitrogen and oxygen atoms in total. The molecule has 2 aromatic rings. The third-order valence-electron chi connectivity index (χ3n) is 5.00. The Morgan fingerprint density at radius 3 is 1.47 bits per heavy atom. The number of nitro groups is 2. The molecule has 0 saturated carbocycles. The van der Waals surface area contributed by atoms with Crippen LogP contribution in [0.2, 0.25) is 0 Å². The van der Waals surface area contributed by atoms with Gasteiger partial charge < -0.3 is 19.3 Å². The van der Waals surface area contributed by atoms with Gasteiger partial charge in [-0.25, -0.2) is 4.79 Å². The van der Waals surface area contributed by atoms with Crippen LogP contribution in [0.15, 0.2) is 36.4 Å². The van der Waals surface area contributed by atoms with Crippen LogP contribution in [0.5, 0.6) is 11.5 Å². The summed E-state index contributed by atoms with van der Waals surface area (Å²) in [7, 11) is 7.68. The van der Waals surface area contributed by atoms with Gasteiger partial charge in [0.25, 0.3) is 11.4 Å². The molecule has 0 atom stereocenters. The summed E-state index contributed by atoms with van der Waals surface area (Å²) in [6.45, 7) is 1.51. The zero-order chi connectivity index (χ0) is 25.3. The average molecular weight is 475 g/mol. The Labute approximate surface area is 198 Å². The largest absolute Gasteiger partial charge is 0.519 e. The van der Waals surface area contributed by atoms with Crippen molar-refractivity contribution in [2.75, 3.05) is 41.3 Å². The van der Waals surface area contributed by atoms with E-state index >= 15 is 0 Å². The normalized spacial score (nSPS) is 11.0. The van der Waals surface area contributed by atoms with E-state index in [1.165, 1.54) is 36.4 Å². The van der Waals surface area contributed by atoms with Gasteiger partial charge in [0.05, 0.1) is 9.85 Å². The smallest absolute Gasteiger partial charge is 0.394 e. The Morgan fingerprint density at radius 2 is 1.15 bits per heavy atom. The van der Waals surface area contributed by atoms with Crippen LogP contribution >= 0.6 is 0 Å². The van der Waals surface area contributed by atoms with Gasteiger partial charge in [0.15, 0.2) is 0 Å². The molecular formula is C23H30N4O7. The Morgan fingerprint density at radius 1 is 0.765 bits per heavy atom. The van der Waals surface area contributed by atoms with Crippen LogP contribution in [0.25, 0.3) is 0 Å². The number of aryl methyl sites for hydroxylation is 2. The highest BCUT2D eigenvalue weighted by atomic mass is 16.7. The molecule has 34 heavy (non-hydrogen) atoms. The maximum Gasteiger partial charge on any atom is 0.519 e. The number of non-ortho nitro benzene ring substituents is 2. The van der Waals surface area contributed by atoms with E-state index in [0.29, 0.717) is 36.8 Å². The standard InChI is InChI=1S/C23H30N4O7/c1-24(2)13-5-7-17-15-19(26(29)30)9-11-21(17)33-23(28)34-22-12-10-20(27(31)32)16-18(22)8-6-14-25(3)4/h9-12,15-16H,5-8,13-14H2,1-4H3. The molecule has 0 bridgehead atoms. The first-order valence-electron chi connectivity index (χ1n) is 10.8. The Kier molecular flexibility index (Phi) is 9.90. The number of nitrogens with zero attached hydrogens (tertiary/aromatic N) is 4. The predicted octanol–water partition coefficient (Wildman–Crippen LogP) is 4.07. The quantitative estimate of drug-likeness (QED) is 0.193. The minimum atomic E-state index is -1.02. The maximum absolute atomic E-state index is 12.6. The minimum Gasteiger partial charge on any atom is -0.394 e. The zero-order valence-corrected chi connectivity index (χ0v) is 19.9. The molecule has 0 saturated heterocycles. The fraction of sp³-hybridized carbons (Fsp3) is 0.435. The van der Waals surface area contributed by atoms with Gasteiger partial charge in [-0.2, -0.15) is 0 Å². The topological polar surface area (TPSA) is 128 Å². The van der Waals surface area contributed by atoms with Crippen LogP contribution in [-0.4, -0.2) is 67.1 Å². The lowest BCUT2D eigenvalue weighted by molar-refractivity contribution is -0.385. The van der Waals surface area contributed by atoms with E-state index in [9.17, 15) is 25.0 Å². The number of rotatable bonds is 12. The van der Waals surface area contributed by atoms with Gasteiger partial charge in [-0.3, -0.25) is 20.2 Å². The molecule has 0 amide bonds. The number of carbonyl (C=O) groups excluding carboxylic acids is 1. The van der Waals surface area contributed by atoms with Crippen LogP contribution in [0.4, 0.5) is 16.2 Å². The van der Waals surface area contributed by atoms with Crippen molar-refractivity contribution >= 4 is 17.5 Å². The SMILES string of the molecule is CN(C)CCCc1cc([N+](=O)[O-])ccc1OC(=O)Oc1ccc([N+](=O)[O-])cc1CCCN(C)C. The fourth-order valence-electron chi connectivity index (χ4n) is 3.32. The van der Waals surface area contributed by atoms with Gasteiger partial charge in [-0.05, 0) is 79.1 Å². The highest BCUT2D eigenvalue weighted by Gasteiger charge is 2.19. The second kappa shape index (κ2) is 12.6. The van der Waals surface area contributed by atoms with Crippen LogP contribution in [0.1, 0.15) is 24.0 Å². The molecule has 0 aliphatic carbocycles. The highest BCUT2D eigenvalue weighted by molar-refractivity contribution is 5.69. The first kappa shape index (κ1) is 26.7. The second-order valence-corrected chi connectivity index (χ2v) is 8.37. The summed E-state index contributed by atoms with van der Waals surface area (Å²) < 4.78 is 10.8. The molecule has 2 aromatic carbocycles. The number of hydrogen-bond acceptors (Lipinski definition) is 9. The number of carbonyl (C=O) groups is 1. The summed E-state index contributed by atoms with van der Waals surface area (Å²) in [6, 6.07) is 8.04. The molecule has 0 radical (unpaired) electrons. The molecule has 0 N–H and O–H groups in total. The Bertz CT molecular complexity index is 945. The van der Waals surface area contributed by atoms with Crippen molar-refractivity contribution in [3.8, 4) is 11.5 Å². The van der Waals surface area contributed by atoms with Crippen molar-refractivity contribution in [3.63, 3.8) is 0 Å². The van der Waals surface area contributed by atoms with Gasteiger partial charge in [0.1, 0.15) is 11.5 Å². The number of benzene rings is 2. The van der Waals surface area contributed by atoms with Crippen LogP contribution in [-0.2, 0) is 12.8 Å². The van der Waals surface area contributed by atoms with E-state index in [1.54, 1.807) is 0 Å². The van der Waals surface area contributed by atoms with E-state index < -0.39 is 16.0 Å². The summed E-state index contributed by atoms with van der Waals surface area (Å²) in [5.74, 6) is 0.343. The average Bonchev–Trinajstić information content (AvgIpc) is 2.75. The third kappa shape index (κ3) is 8.41. The van der Waals surface area contributed by atoms with Crippen LogP contribution < -0.4 is 9.47 Å². The number of ether oxygens (including phenoxy) is 2. The third-order valence-corrected chi connectivity index (χ3v) is 5.00. The summed E-state index contributed by atoms with van der Waals surface area (Å²) in [6.07, 6.45) is 1.33. The number of hydrogen-bond donors (Lipinski definition) is 0. The molecule has 0 aromatic heterocycles. The molecular weight excluding hydrogens is 444 g/mol. The van der Waals surface area contributed by atoms with Crippen molar-refractivity contribution in [2.45, 2.75) is 25.7 Å². The Hall–Kier alpha value is -3.57. The molecule has 184 valence electrons. The van der Waals surface area contributed by atoms with Crippen molar-refractivity contribution < 1.29 is 24.1 Å². The highest BCUT2D eigenvalue weighted by Crippen LogP contribution is 2.28. The van der Waals surface area contributed by atoms with Gasteiger partial charge in [0, 0.05) is 35.4 Å². The van der Waals surface area contributed by atoms with Gasteiger partial charge in [-0.15, -0.1) is 0 Å². The molecule has 0 spiro atoms. The van der Waals surface area contributed by atoms with E-state index in [-0.39, 0.29) is 22.9 Å². The molecule has 0 unspecified atom stereocenters. The van der Waals surface area contributed by atoms with Crippen molar-refractivity contribution in [1.82, 2.24) is 9.80 Å². The summed E-state index contributed by atoms with van der Waals surface area (Å²) in [4.78, 5) is 37.8. The lowest BCUT2D eigenvalue weighted by Crippen LogP contribution is -2.17. The molecule has 0 fully saturated rings. The van der Waals surface area contributed by atoms with E-state index in [0.717, 1.165) is 13.1 Å². The molecule has 11 heteroatoms. The first-order valence-corrected chi connectivity index (χ1v) is 10.8. The summed E-state index contributed by atoms with van der Waals surface area (Å²) in [5, 5.41) is 22.3. The van der Waals surface area contributed by atoms with Gasteiger partial charge in [0.2, 0.25) is 0 Å². The summed E-state index contributed by atoms with van der Waals surface area (Å²) in [5.41, 5.74) is 0.837. The van der Waals surface area contributed by atoms with Crippen molar-refractivity contribution in [1.29, 1.82) is 0 Å². The van der Waals surface area contributed by atoms with E-state index in [1.807, 2.05) is 38.0 Å². The molecule has 2 rings (SSSR count). The monoisotopic (exact) mass is 474 g/mol. The van der Waals surface area contributed by atoms with Crippen LogP contribution in [0.3, 0.4) is 0 Å². The lowest BCUT2D eigenvalue weighted by Gasteiger charge is -2.14. The fourth-order valence-corrected chi connectivity index (χ4v) is 3.32. The maximum atomic E-state index is 12.6. The number of nitro benzene ring substituents is 2. The first-order chi connectivity index (χ1) is 16.1. The van der Waals surface area contributed by atoms with Gasteiger partial charge in [-0.1, -0.05) is 0 Å². The predicted molar refractivity (Wildman–Crippen MR) is 127 cm³/mol. The minimum absolute atomic E-state index is 0.0980. The summed E-state index contributed by atoms with van der Waals surface area (Å²) >= 11 is 0. The zero-order valence-electron chi connectivity index (χ0n) is 19.9. The second-order valence-electron chi connectivity index (χ2n) is 8.37. The van der Waals surface area contributed by atoms with E-state index in [4.69, 9.17) is 9.47 Å². The van der Waals surface area contributed by atoms with Gasteiger partial charge >= 0.3 is 6.16 Å². The Balaban J connectivity index is 2.20. The lowest BCUT2D eigenvalue weighted by atomic mass is 10.1. The molecule has 0 heterocycles. The van der Waals surface area contributed by atoms with E-state index in [2.05, 4.69) is 0 Å². The van der Waals surface area contributed by atoms with Crippen molar-refractivity contribution in [3.05, 3.63) is 67.8 Å². The van der Waals surface area contributed by atoms with Crippen LogP contribution in [0, 0.1) is 20.2 Å². The molecule has 0 aliphatic rings. The van der Waals surface area contributed by atoms with Crippen molar-refractivity contribution in [2.24, 2.45) is 0 Å².